The number of carbonyl (C=O) groups is 4. The van der Waals surface area contributed by atoms with Crippen molar-refractivity contribution in [3.63, 3.8) is 0 Å². The molecule has 0 radical (unpaired) electrons. The molecule has 0 heterocycles. The molecule has 2 aromatic carbocycles. The highest BCUT2D eigenvalue weighted by Crippen LogP contribution is 2.28. The summed E-state index contributed by atoms with van der Waals surface area (Å²) in [7, 11) is 0. The summed E-state index contributed by atoms with van der Waals surface area (Å²) in [5.41, 5.74) is 6.50. The van der Waals surface area contributed by atoms with E-state index >= 15 is 0 Å². The number of ether oxygens (including phenoxy) is 1. The van der Waals surface area contributed by atoms with Gasteiger partial charge in [-0.15, -0.1) is 0 Å². The van der Waals surface area contributed by atoms with Gasteiger partial charge in [0.05, 0.1) is 6.42 Å². The van der Waals surface area contributed by atoms with Crippen LogP contribution in [0.15, 0.2) is 48.5 Å². The maximum atomic E-state index is 14.1. The van der Waals surface area contributed by atoms with Gasteiger partial charge in [-0.1, -0.05) is 62.6 Å². The molecule has 0 saturated heterocycles. The molecule has 0 saturated carbocycles. The van der Waals surface area contributed by atoms with Gasteiger partial charge in [0.15, 0.2) is 0 Å². The van der Waals surface area contributed by atoms with Gasteiger partial charge < -0.3 is 31.1 Å². The number of benzene rings is 2. The van der Waals surface area contributed by atoms with E-state index in [4.69, 9.17) is 10.5 Å². The van der Waals surface area contributed by atoms with Crippen LogP contribution in [0.2, 0.25) is 0 Å². The first-order chi connectivity index (χ1) is 19.3. The van der Waals surface area contributed by atoms with E-state index in [1.54, 1.807) is 39.8 Å². The monoisotopic (exact) mass is 568 g/mol. The number of primary amides is 1. The van der Waals surface area contributed by atoms with Gasteiger partial charge in [-0.3, -0.25) is 14.4 Å². The fourth-order valence-corrected chi connectivity index (χ4v) is 4.33. The fraction of sp³-hybridized carbons (Fsp3) is 0.484. The Morgan fingerprint density at radius 2 is 1.71 bits per heavy atom. The van der Waals surface area contributed by atoms with Crippen molar-refractivity contribution in [2.24, 2.45) is 5.73 Å². The summed E-state index contributed by atoms with van der Waals surface area (Å²) in [6.45, 7) is 9.22. The number of amides is 4. The standard InChI is InChI=1S/C31H44N4O6/c1-6-7-8-12-17-35(29(39)24(19-26(32)37)34-30(40)41-31(3,4)5)27(23-15-16-25(36)21(2)18-23)28(38)33-20-22-13-10-9-11-14-22/h9-11,13-16,18,24,27,36H,6-8,12,17,19-20H2,1-5H3,(H2,32,37)(H,33,38)(H,34,40). The quantitative estimate of drug-likeness (QED) is 0.250. The van der Waals surface area contributed by atoms with Crippen molar-refractivity contribution in [2.45, 2.75) is 91.0 Å². The summed E-state index contributed by atoms with van der Waals surface area (Å²) in [4.78, 5) is 53.9. The minimum atomic E-state index is -1.35. The maximum absolute atomic E-state index is 14.1. The summed E-state index contributed by atoms with van der Waals surface area (Å²) < 4.78 is 5.32. The predicted molar refractivity (Wildman–Crippen MR) is 157 cm³/mol. The molecule has 0 aromatic heterocycles. The van der Waals surface area contributed by atoms with Gasteiger partial charge in [0, 0.05) is 13.1 Å². The lowest BCUT2D eigenvalue weighted by Crippen LogP contribution is -2.54. The molecule has 0 bridgehead atoms. The molecule has 2 rings (SSSR count). The first kappa shape index (κ1) is 33.1. The van der Waals surface area contributed by atoms with Gasteiger partial charge >= 0.3 is 6.09 Å². The minimum absolute atomic E-state index is 0.0520. The molecular weight excluding hydrogens is 524 g/mol. The highest BCUT2D eigenvalue weighted by molar-refractivity contribution is 5.94. The number of carbonyl (C=O) groups excluding carboxylic acids is 4. The molecule has 224 valence electrons. The number of nitrogens with two attached hydrogens (primary N) is 1. The van der Waals surface area contributed by atoms with E-state index in [9.17, 15) is 24.3 Å². The van der Waals surface area contributed by atoms with Crippen LogP contribution in [0, 0.1) is 6.92 Å². The lowest BCUT2D eigenvalue weighted by Gasteiger charge is -2.34. The van der Waals surface area contributed by atoms with Gasteiger partial charge in [0.1, 0.15) is 23.4 Å². The van der Waals surface area contributed by atoms with E-state index in [1.165, 1.54) is 11.0 Å². The Morgan fingerprint density at radius 1 is 1.02 bits per heavy atom. The van der Waals surface area contributed by atoms with Gasteiger partial charge in [0.25, 0.3) is 0 Å². The minimum Gasteiger partial charge on any atom is -0.508 e. The molecule has 0 fully saturated rings. The number of rotatable bonds is 14. The molecule has 0 aliphatic carbocycles. The van der Waals surface area contributed by atoms with E-state index < -0.39 is 47.9 Å². The van der Waals surface area contributed by atoms with E-state index in [-0.39, 0.29) is 18.8 Å². The van der Waals surface area contributed by atoms with Crippen molar-refractivity contribution < 1.29 is 29.0 Å². The lowest BCUT2D eigenvalue weighted by molar-refractivity contribution is -0.143. The van der Waals surface area contributed by atoms with Crippen LogP contribution in [0.3, 0.4) is 0 Å². The molecule has 0 spiro atoms. The van der Waals surface area contributed by atoms with Crippen LogP contribution in [-0.2, 0) is 25.7 Å². The smallest absolute Gasteiger partial charge is 0.408 e. The van der Waals surface area contributed by atoms with E-state index in [1.807, 2.05) is 30.3 Å². The number of nitrogens with one attached hydrogen (secondary N) is 2. The highest BCUT2D eigenvalue weighted by atomic mass is 16.6. The van der Waals surface area contributed by atoms with Crippen molar-refractivity contribution >= 4 is 23.8 Å². The third-order valence-electron chi connectivity index (χ3n) is 6.34. The SMILES string of the molecule is CCCCCCN(C(=O)C(CC(N)=O)NC(=O)OC(C)(C)C)C(C(=O)NCc1ccccc1)c1ccc(O)c(C)c1. The largest absolute Gasteiger partial charge is 0.508 e. The van der Waals surface area contributed by atoms with Gasteiger partial charge in [0.2, 0.25) is 17.7 Å². The first-order valence-corrected chi connectivity index (χ1v) is 14.0. The molecule has 2 aromatic rings. The summed E-state index contributed by atoms with van der Waals surface area (Å²) in [5, 5.41) is 15.6. The molecule has 10 heteroatoms. The number of phenolic OH excluding ortho intramolecular Hbond substituents is 1. The first-order valence-electron chi connectivity index (χ1n) is 14.0. The zero-order valence-electron chi connectivity index (χ0n) is 24.7. The van der Waals surface area contributed by atoms with Gasteiger partial charge in [-0.25, -0.2) is 4.79 Å². The average Bonchev–Trinajstić information content (AvgIpc) is 2.89. The fourth-order valence-electron chi connectivity index (χ4n) is 4.33. The van der Waals surface area contributed by atoms with Crippen LogP contribution in [0.25, 0.3) is 0 Å². The Morgan fingerprint density at radius 3 is 2.29 bits per heavy atom. The number of alkyl carbamates (subject to hydrolysis) is 1. The second kappa shape index (κ2) is 15.6. The highest BCUT2D eigenvalue weighted by Gasteiger charge is 2.37. The number of nitrogens with zero attached hydrogens (tertiary/aromatic N) is 1. The zero-order chi connectivity index (χ0) is 30.6. The molecule has 4 amide bonds. The molecule has 41 heavy (non-hydrogen) atoms. The average molecular weight is 569 g/mol. The molecular formula is C31H44N4O6. The predicted octanol–water partition coefficient (Wildman–Crippen LogP) is 4.24. The van der Waals surface area contributed by atoms with Crippen LogP contribution in [0.1, 0.15) is 82.5 Å². The summed E-state index contributed by atoms with van der Waals surface area (Å²) in [6.07, 6.45) is 1.95. The van der Waals surface area contributed by atoms with Crippen LogP contribution in [-0.4, -0.2) is 52.0 Å². The van der Waals surface area contributed by atoms with Crippen LogP contribution in [0.5, 0.6) is 5.75 Å². The second-order valence-electron chi connectivity index (χ2n) is 11.1. The summed E-state index contributed by atoms with van der Waals surface area (Å²) in [5.74, 6) is -1.83. The topological polar surface area (TPSA) is 151 Å². The molecule has 5 N–H and O–H groups in total. The lowest BCUT2D eigenvalue weighted by atomic mass is 9.99. The number of hydrogen-bond donors (Lipinski definition) is 4. The van der Waals surface area contributed by atoms with Crippen molar-refractivity contribution in [3.8, 4) is 5.75 Å². The van der Waals surface area contributed by atoms with Crippen LogP contribution in [0.4, 0.5) is 4.79 Å². The zero-order valence-corrected chi connectivity index (χ0v) is 24.7. The number of phenols is 1. The normalized spacial score (nSPS) is 12.6. The molecule has 10 nitrogen and oxygen atoms in total. The Balaban J connectivity index is 2.52. The van der Waals surface area contributed by atoms with Crippen molar-refractivity contribution in [2.75, 3.05) is 6.54 Å². The third kappa shape index (κ3) is 11.1. The van der Waals surface area contributed by atoms with E-state index in [0.29, 0.717) is 17.5 Å². The number of aryl methyl sites for hydroxylation is 1. The van der Waals surface area contributed by atoms with Crippen molar-refractivity contribution in [1.29, 1.82) is 0 Å². The maximum Gasteiger partial charge on any atom is 0.408 e. The molecule has 0 aliphatic rings. The van der Waals surface area contributed by atoms with Crippen LogP contribution < -0.4 is 16.4 Å². The van der Waals surface area contributed by atoms with Crippen LogP contribution >= 0.6 is 0 Å². The van der Waals surface area contributed by atoms with Crippen molar-refractivity contribution in [1.82, 2.24) is 15.5 Å². The third-order valence-corrected chi connectivity index (χ3v) is 6.34. The number of hydrogen-bond acceptors (Lipinski definition) is 6. The molecule has 2 atom stereocenters. The Hall–Kier alpha value is -4.08. The Kier molecular flexibility index (Phi) is 12.6. The van der Waals surface area contributed by atoms with E-state index in [0.717, 1.165) is 24.8 Å². The van der Waals surface area contributed by atoms with E-state index in [2.05, 4.69) is 17.6 Å². The number of aromatic hydroxyl groups is 1. The summed E-state index contributed by atoms with van der Waals surface area (Å²) in [6, 6.07) is 11.6. The summed E-state index contributed by atoms with van der Waals surface area (Å²) >= 11 is 0. The second-order valence-corrected chi connectivity index (χ2v) is 11.1. The Labute approximate surface area is 242 Å². The van der Waals surface area contributed by atoms with Gasteiger partial charge in [-0.2, -0.15) is 0 Å². The Bertz CT molecular complexity index is 1180. The molecule has 2 unspecified atom stereocenters. The van der Waals surface area contributed by atoms with Crippen molar-refractivity contribution in [3.05, 3.63) is 65.2 Å². The van der Waals surface area contributed by atoms with Gasteiger partial charge in [-0.05, 0) is 62.9 Å². The molecule has 0 aliphatic heterocycles. The number of unbranched alkanes of at least 4 members (excludes halogenated alkanes) is 3.